The summed E-state index contributed by atoms with van der Waals surface area (Å²) in [6, 6.07) is 13.0. The van der Waals surface area contributed by atoms with Crippen LogP contribution in [0.3, 0.4) is 0 Å². The van der Waals surface area contributed by atoms with Gasteiger partial charge in [-0.25, -0.2) is 4.68 Å². The van der Waals surface area contributed by atoms with Crippen LogP contribution in [0.1, 0.15) is 35.8 Å². The Kier molecular flexibility index (Phi) is 7.08. The van der Waals surface area contributed by atoms with Crippen LogP contribution < -0.4 is 9.64 Å². The number of carbonyl (C=O) groups excluding carboxylic acids is 1. The van der Waals surface area contributed by atoms with E-state index in [1.54, 1.807) is 38.4 Å². The Morgan fingerprint density at radius 3 is 2.56 bits per heavy atom. The third kappa shape index (κ3) is 5.41. The normalized spacial score (nSPS) is 17.8. The summed E-state index contributed by atoms with van der Waals surface area (Å²) < 4.78 is 19.5. The van der Waals surface area contributed by atoms with Gasteiger partial charge in [0, 0.05) is 56.5 Å². The van der Waals surface area contributed by atoms with Crippen molar-refractivity contribution in [2.75, 3.05) is 51.9 Å². The third-order valence-electron chi connectivity index (χ3n) is 6.87. The van der Waals surface area contributed by atoms with Gasteiger partial charge in [0.15, 0.2) is 5.82 Å². The fourth-order valence-corrected chi connectivity index (χ4v) is 4.78. The fraction of sp³-hybridized carbons (Fsp3) is 0.393. The van der Waals surface area contributed by atoms with Crippen LogP contribution in [0.25, 0.3) is 22.3 Å². The summed E-state index contributed by atoms with van der Waals surface area (Å²) in [4.78, 5) is 30.1. The Labute approximate surface area is 226 Å². The van der Waals surface area contributed by atoms with Gasteiger partial charge in [-0.2, -0.15) is 20.1 Å². The molecule has 1 unspecified atom stereocenters. The Balaban J connectivity index is 1.37. The molecular weight excluding hydrogens is 498 g/mol. The quantitative estimate of drug-likeness (QED) is 0.367. The van der Waals surface area contributed by atoms with E-state index in [1.165, 1.54) is 4.90 Å². The summed E-state index contributed by atoms with van der Waals surface area (Å²) >= 11 is 0. The van der Waals surface area contributed by atoms with Crippen LogP contribution >= 0.6 is 0 Å². The molecule has 1 atom stereocenters. The number of rotatable bonds is 6. The van der Waals surface area contributed by atoms with E-state index >= 15 is 0 Å². The number of aromatic nitrogens is 5. The minimum Gasteiger partial charge on any atom is -0.424 e. The molecule has 2 fully saturated rings. The van der Waals surface area contributed by atoms with Crippen molar-refractivity contribution in [3.05, 3.63) is 54.2 Å². The summed E-state index contributed by atoms with van der Waals surface area (Å²) in [6.45, 7) is 3.29. The summed E-state index contributed by atoms with van der Waals surface area (Å²) in [5.74, 6) is 1.47. The van der Waals surface area contributed by atoms with Gasteiger partial charge in [0.2, 0.25) is 5.95 Å². The van der Waals surface area contributed by atoms with E-state index in [9.17, 15) is 4.79 Å². The van der Waals surface area contributed by atoms with Gasteiger partial charge in [-0.05, 0) is 49.6 Å². The monoisotopic (exact) mass is 529 g/mol. The molecule has 1 amide bonds. The largest absolute Gasteiger partial charge is 0.424 e. The second-order valence-corrected chi connectivity index (χ2v) is 9.84. The molecule has 39 heavy (non-hydrogen) atoms. The first-order valence-electron chi connectivity index (χ1n) is 13.2. The number of hydrogen-bond acceptors (Lipinski definition) is 9. The number of amides is 1. The van der Waals surface area contributed by atoms with E-state index in [1.807, 2.05) is 29.1 Å². The third-order valence-corrected chi connectivity index (χ3v) is 6.87. The average molecular weight is 530 g/mol. The van der Waals surface area contributed by atoms with Gasteiger partial charge in [0.25, 0.3) is 5.91 Å². The number of anilines is 1. The molecule has 4 heterocycles. The molecule has 202 valence electrons. The molecule has 0 N–H and O–H groups in total. The number of nitrogens with zero attached hydrogens (tertiary/aromatic N) is 7. The number of morpholine rings is 1. The van der Waals surface area contributed by atoms with Crippen LogP contribution in [0.2, 0.25) is 0 Å². The van der Waals surface area contributed by atoms with Crippen molar-refractivity contribution in [1.29, 1.82) is 0 Å². The summed E-state index contributed by atoms with van der Waals surface area (Å²) in [6.07, 6.45) is 5.08. The van der Waals surface area contributed by atoms with Gasteiger partial charge < -0.3 is 24.0 Å². The molecule has 2 aliphatic rings. The topological polar surface area (TPSA) is 108 Å². The molecule has 2 saturated heterocycles. The van der Waals surface area contributed by atoms with Crippen molar-refractivity contribution in [3.63, 3.8) is 0 Å². The molecule has 0 aliphatic carbocycles. The average Bonchev–Trinajstić information content (AvgIpc) is 3.43. The Bertz CT molecular complexity index is 1460. The van der Waals surface area contributed by atoms with E-state index in [2.05, 4.69) is 9.88 Å². The number of hydrogen-bond donors (Lipinski definition) is 0. The molecule has 0 bridgehead atoms. The van der Waals surface area contributed by atoms with Crippen LogP contribution in [0.15, 0.2) is 48.7 Å². The van der Waals surface area contributed by atoms with Crippen molar-refractivity contribution < 1.29 is 19.0 Å². The van der Waals surface area contributed by atoms with Gasteiger partial charge >= 0.3 is 6.01 Å². The maximum absolute atomic E-state index is 12.3. The first-order chi connectivity index (χ1) is 19.0. The highest BCUT2D eigenvalue weighted by molar-refractivity contribution is 5.94. The maximum atomic E-state index is 12.3. The predicted octanol–water partition coefficient (Wildman–Crippen LogP) is 3.92. The maximum Gasteiger partial charge on any atom is 0.327 e. The second kappa shape index (κ2) is 11.0. The van der Waals surface area contributed by atoms with E-state index in [-0.39, 0.29) is 18.1 Å². The lowest BCUT2D eigenvalue weighted by Crippen LogP contribution is -2.37. The Morgan fingerprint density at radius 1 is 1.00 bits per heavy atom. The van der Waals surface area contributed by atoms with E-state index < -0.39 is 0 Å². The highest BCUT2D eigenvalue weighted by Gasteiger charge is 2.22. The lowest BCUT2D eigenvalue weighted by molar-refractivity contribution is -0.0390. The number of fused-ring (bicyclic) bond motifs is 1. The van der Waals surface area contributed by atoms with E-state index in [0.29, 0.717) is 49.4 Å². The van der Waals surface area contributed by atoms with Gasteiger partial charge in [0.05, 0.1) is 18.7 Å². The zero-order chi connectivity index (χ0) is 26.8. The SMILES string of the molecule is CN(C)C(=O)c1ccc(Oc2nc(-c3cccc4nn(C5CCCCO5)cc34)nc(N3CCOCC3)n2)cc1. The molecule has 6 rings (SSSR count). The molecular formula is C28H31N7O4. The van der Waals surface area contributed by atoms with Crippen LogP contribution in [-0.4, -0.2) is 82.5 Å². The van der Waals surface area contributed by atoms with Crippen molar-refractivity contribution >= 4 is 22.8 Å². The zero-order valence-electron chi connectivity index (χ0n) is 22.1. The van der Waals surface area contributed by atoms with Gasteiger partial charge in [-0.3, -0.25) is 4.79 Å². The van der Waals surface area contributed by atoms with Crippen LogP contribution in [-0.2, 0) is 9.47 Å². The van der Waals surface area contributed by atoms with Crippen molar-refractivity contribution in [2.24, 2.45) is 0 Å². The molecule has 0 spiro atoms. The van der Waals surface area contributed by atoms with Gasteiger partial charge in [-0.15, -0.1) is 0 Å². The van der Waals surface area contributed by atoms with E-state index in [4.69, 9.17) is 29.3 Å². The first kappa shape index (κ1) is 25.2. The van der Waals surface area contributed by atoms with Crippen LogP contribution in [0, 0.1) is 0 Å². The standard InChI is InChI=1S/C28H31N7O4/c1-33(2)26(36)19-9-11-20(12-10-19)39-28-30-25(29-27(31-28)34-13-16-37-17-14-34)21-6-5-7-23-22(21)18-35(32-23)24-8-3-4-15-38-24/h5-7,9-12,18,24H,3-4,8,13-17H2,1-2H3. The summed E-state index contributed by atoms with van der Waals surface area (Å²) in [7, 11) is 3.44. The molecule has 11 heteroatoms. The number of carbonyl (C=O) groups is 1. The molecule has 4 aromatic rings. The minimum absolute atomic E-state index is 0.0671. The number of benzene rings is 2. The molecule has 2 aliphatic heterocycles. The fourth-order valence-electron chi connectivity index (χ4n) is 4.78. The summed E-state index contributed by atoms with van der Waals surface area (Å²) in [5.41, 5.74) is 2.25. The van der Waals surface area contributed by atoms with Crippen LogP contribution in [0.4, 0.5) is 5.95 Å². The zero-order valence-corrected chi connectivity index (χ0v) is 22.1. The van der Waals surface area contributed by atoms with Crippen molar-refractivity contribution in [2.45, 2.75) is 25.5 Å². The predicted molar refractivity (Wildman–Crippen MR) is 145 cm³/mol. The smallest absolute Gasteiger partial charge is 0.327 e. The lowest BCUT2D eigenvalue weighted by Gasteiger charge is -2.27. The minimum atomic E-state index is -0.0779. The van der Waals surface area contributed by atoms with Gasteiger partial charge in [-0.1, -0.05) is 12.1 Å². The first-order valence-corrected chi connectivity index (χ1v) is 13.2. The molecule has 2 aromatic carbocycles. The van der Waals surface area contributed by atoms with Gasteiger partial charge in [0.1, 0.15) is 12.0 Å². The second-order valence-electron chi connectivity index (χ2n) is 9.84. The lowest BCUT2D eigenvalue weighted by atomic mass is 10.1. The van der Waals surface area contributed by atoms with Crippen LogP contribution in [0.5, 0.6) is 11.8 Å². The van der Waals surface area contributed by atoms with Crippen molar-refractivity contribution in [1.82, 2.24) is 29.6 Å². The Hall–Kier alpha value is -4.09. The van der Waals surface area contributed by atoms with E-state index in [0.717, 1.165) is 42.3 Å². The molecule has 11 nitrogen and oxygen atoms in total. The highest BCUT2D eigenvalue weighted by atomic mass is 16.5. The Morgan fingerprint density at radius 2 is 1.82 bits per heavy atom. The summed E-state index contributed by atoms with van der Waals surface area (Å²) in [5, 5.41) is 5.72. The molecule has 0 saturated carbocycles. The number of ether oxygens (including phenoxy) is 3. The molecule has 0 radical (unpaired) electrons. The van der Waals surface area contributed by atoms with Crippen molar-refractivity contribution in [3.8, 4) is 23.1 Å². The highest BCUT2D eigenvalue weighted by Crippen LogP contribution is 2.31. The molecule has 2 aromatic heterocycles.